The summed E-state index contributed by atoms with van der Waals surface area (Å²) >= 11 is 1.53. The Morgan fingerprint density at radius 3 is 1.38 bits per heavy atom. The first kappa shape index (κ1) is 57.2. The summed E-state index contributed by atoms with van der Waals surface area (Å²) in [5.41, 5.74) is 3.43. The number of piperidine rings is 3. The van der Waals surface area contributed by atoms with Crippen molar-refractivity contribution in [2.75, 3.05) is 80.4 Å². The number of aromatic nitrogens is 2. The second-order valence-corrected chi connectivity index (χ2v) is 21.5. The van der Waals surface area contributed by atoms with Crippen molar-refractivity contribution in [1.29, 1.82) is 0 Å². The number of halogens is 5. The molecule has 12 rings (SSSR count). The van der Waals surface area contributed by atoms with Crippen molar-refractivity contribution in [3.8, 4) is 34.1 Å². The highest BCUT2D eigenvalue weighted by Gasteiger charge is 2.62. The van der Waals surface area contributed by atoms with Crippen molar-refractivity contribution in [2.45, 2.75) is 66.6 Å². The van der Waals surface area contributed by atoms with E-state index in [2.05, 4.69) is 24.7 Å². The van der Waals surface area contributed by atoms with E-state index in [1.54, 1.807) is 60.8 Å². The zero-order valence-corrected chi connectivity index (χ0v) is 46.0. The van der Waals surface area contributed by atoms with Crippen LogP contribution in [0.25, 0.3) is 0 Å². The van der Waals surface area contributed by atoms with Gasteiger partial charge in [0.2, 0.25) is 11.8 Å². The van der Waals surface area contributed by atoms with Gasteiger partial charge in [-0.25, -0.2) is 22.5 Å². The van der Waals surface area contributed by atoms with Gasteiger partial charge in [-0.1, -0.05) is 69.4 Å². The lowest BCUT2D eigenvalue weighted by molar-refractivity contribution is 0.194. The van der Waals surface area contributed by atoms with Crippen LogP contribution in [0.15, 0.2) is 109 Å². The summed E-state index contributed by atoms with van der Waals surface area (Å²) in [6, 6.07) is 26.2. The van der Waals surface area contributed by atoms with Gasteiger partial charge < -0.3 is 28.4 Å². The predicted molar refractivity (Wildman–Crippen MR) is 288 cm³/mol. The molecule has 77 heavy (non-hydrogen) atoms. The lowest BCUT2D eigenvalue weighted by Gasteiger charge is -2.21. The molecule has 0 bridgehead atoms. The van der Waals surface area contributed by atoms with Crippen LogP contribution in [0.4, 0.5) is 22.0 Å². The molecule has 6 aromatic rings. The quantitative estimate of drug-likeness (QED) is 0.0609. The Morgan fingerprint density at radius 2 is 0.974 bits per heavy atom. The number of pyridine rings is 1. The SMILES string of the molecule is CC.CC.COc1ccc(CN2CC3CC3(COc3cccc(F)c3)C2)cc1F.COc1ccc(CN2CC3CC3(COc3cccc(F)n3)C2)cc1F.COc1ccc(CN2CC3CC3(COc3nccs3)C2)cc1F. The maximum atomic E-state index is 13.8. The maximum Gasteiger partial charge on any atom is 0.273 e. The summed E-state index contributed by atoms with van der Waals surface area (Å²) in [6.07, 6.45) is 5.26. The zero-order valence-electron chi connectivity index (χ0n) is 45.2. The molecule has 0 amide bonds. The molecular weight excluding hydrogens is 1010 g/mol. The van der Waals surface area contributed by atoms with Gasteiger partial charge in [-0.3, -0.25) is 14.7 Å². The monoisotopic (exact) mass is 1090 g/mol. The lowest BCUT2D eigenvalue weighted by Crippen LogP contribution is -2.27. The third-order valence-corrected chi connectivity index (χ3v) is 16.1. The minimum Gasteiger partial charge on any atom is -0.494 e. The average Bonchev–Trinajstić information content (AvgIpc) is 4.43. The number of benzene rings is 4. The highest BCUT2D eigenvalue weighted by molar-refractivity contribution is 7.11. The maximum absolute atomic E-state index is 13.8. The average molecular weight is 1090 g/mol. The van der Waals surface area contributed by atoms with Gasteiger partial charge in [0, 0.05) is 98.9 Å². The molecule has 3 saturated carbocycles. The normalized spacial score (nSPS) is 24.1. The molecule has 6 atom stereocenters. The molecule has 11 nitrogen and oxygen atoms in total. The van der Waals surface area contributed by atoms with Gasteiger partial charge in [-0.05, 0) is 108 Å². The van der Waals surface area contributed by atoms with Gasteiger partial charge >= 0.3 is 0 Å². The van der Waals surface area contributed by atoms with Gasteiger partial charge in [0.15, 0.2) is 34.7 Å². The van der Waals surface area contributed by atoms with Crippen LogP contribution in [0.5, 0.6) is 34.1 Å². The summed E-state index contributed by atoms with van der Waals surface area (Å²) in [6.45, 7) is 18.0. The number of methoxy groups -OCH3 is 3. The predicted octanol–water partition coefficient (Wildman–Crippen LogP) is 12.4. The molecule has 17 heteroatoms. The Labute approximate surface area is 454 Å². The number of likely N-dealkylation sites (tertiary alicyclic amines) is 3. The number of fused-ring (bicyclic) bond motifs is 3. The summed E-state index contributed by atoms with van der Waals surface area (Å²) in [5, 5.41) is 2.68. The van der Waals surface area contributed by atoms with Crippen LogP contribution < -0.4 is 28.4 Å². The minimum atomic E-state index is -0.531. The Kier molecular flexibility index (Phi) is 19.0. The zero-order chi connectivity index (χ0) is 54.7. The fourth-order valence-corrected chi connectivity index (χ4v) is 11.8. The number of ether oxygens (including phenoxy) is 6. The molecule has 0 radical (unpaired) electrons. The molecule has 3 saturated heterocycles. The number of hydrogen-bond donors (Lipinski definition) is 0. The van der Waals surface area contributed by atoms with E-state index < -0.39 is 5.95 Å². The Bertz CT molecular complexity index is 2740. The van der Waals surface area contributed by atoms with Crippen molar-refractivity contribution in [1.82, 2.24) is 24.7 Å². The van der Waals surface area contributed by atoms with Crippen LogP contribution in [0, 0.1) is 63.2 Å². The molecule has 4 aromatic carbocycles. The standard InChI is InChI=1S/C20H21F2NO2.C19H20F2N2O2.C17H19FN2O2S.2C2H6/c1-24-19-6-5-14(7-18(19)22)10-23-11-15-9-20(15,12-23)13-25-17-4-2-3-16(21)8-17;1-24-16-6-5-13(7-15(16)20)9-23-10-14-8-19(14,11-23)12-25-18-4-2-3-17(21)22-18;1-21-15-3-2-12(6-14(15)18)8-20-9-13-7-17(13,10-20)11-22-16-19-4-5-23-16;2*1-2/h2-8,15H,9-13H2,1H3;2-7,14H,8-12H2,1H3;2-6,13H,7-11H2,1H3;2*1-2H3. The fourth-order valence-electron chi connectivity index (χ4n) is 11.3. The van der Waals surface area contributed by atoms with E-state index in [1.165, 1.54) is 63.4 Å². The summed E-state index contributed by atoms with van der Waals surface area (Å²) < 4.78 is 100. The summed E-state index contributed by atoms with van der Waals surface area (Å²) in [7, 11) is 4.41. The molecule has 5 heterocycles. The second kappa shape index (κ2) is 25.6. The van der Waals surface area contributed by atoms with Crippen LogP contribution in [0.2, 0.25) is 0 Å². The van der Waals surface area contributed by atoms with Crippen LogP contribution in [-0.2, 0) is 19.6 Å². The van der Waals surface area contributed by atoms with Crippen molar-refractivity contribution < 1.29 is 50.4 Å². The van der Waals surface area contributed by atoms with Gasteiger partial charge in [0.1, 0.15) is 11.6 Å². The first-order chi connectivity index (χ1) is 37.3. The van der Waals surface area contributed by atoms with Gasteiger partial charge in [0.25, 0.3) is 5.19 Å². The van der Waals surface area contributed by atoms with Gasteiger partial charge in [-0.15, -0.1) is 0 Å². The third kappa shape index (κ3) is 14.4. The molecule has 3 aliphatic heterocycles. The van der Waals surface area contributed by atoms with Crippen LogP contribution in [0.3, 0.4) is 0 Å². The van der Waals surface area contributed by atoms with Crippen LogP contribution >= 0.6 is 11.3 Å². The van der Waals surface area contributed by atoms with E-state index in [1.807, 2.05) is 51.3 Å². The third-order valence-electron chi connectivity index (χ3n) is 15.4. The van der Waals surface area contributed by atoms with E-state index in [4.69, 9.17) is 28.4 Å². The molecule has 0 spiro atoms. The first-order valence-electron chi connectivity index (χ1n) is 26.6. The Morgan fingerprint density at radius 1 is 0.532 bits per heavy atom. The van der Waals surface area contributed by atoms with Crippen molar-refractivity contribution in [3.63, 3.8) is 0 Å². The van der Waals surface area contributed by atoms with Gasteiger partial charge in [-0.2, -0.15) is 9.37 Å². The van der Waals surface area contributed by atoms with E-state index in [0.29, 0.717) is 54.9 Å². The summed E-state index contributed by atoms with van der Waals surface area (Å²) in [5.74, 6) is 1.88. The molecule has 6 aliphatic rings. The van der Waals surface area contributed by atoms with E-state index in [-0.39, 0.29) is 51.0 Å². The van der Waals surface area contributed by atoms with E-state index in [9.17, 15) is 22.0 Å². The van der Waals surface area contributed by atoms with E-state index in [0.717, 1.165) is 93.7 Å². The number of nitrogens with zero attached hydrogens (tertiary/aromatic N) is 5. The van der Waals surface area contributed by atoms with Crippen molar-refractivity contribution in [2.24, 2.45) is 34.0 Å². The van der Waals surface area contributed by atoms with Gasteiger partial charge in [0.05, 0.1) is 41.2 Å². The topological polar surface area (TPSA) is 90.9 Å². The van der Waals surface area contributed by atoms with Crippen molar-refractivity contribution in [3.05, 3.63) is 155 Å². The highest BCUT2D eigenvalue weighted by atomic mass is 32.1. The van der Waals surface area contributed by atoms with Crippen LogP contribution in [0.1, 0.15) is 63.6 Å². The lowest BCUT2D eigenvalue weighted by atomic mass is 10.1. The second-order valence-electron chi connectivity index (χ2n) is 20.6. The first-order valence-corrected chi connectivity index (χ1v) is 27.5. The molecule has 2 aromatic heterocycles. The number of thiazole rings is 1. The van der Waals surface area contributed by atoms with Crippen molar-refractivity contribution >= 4 is 11.3 Å². The molecule has 414 valence electrons. The number of rotatable bonds is 18. The Hall–Kier alpha value is -6.01. The fraction of sp³-hybridized carbons (Fsp3) is 0.467. The molecule has 6 unspecified atom stereocenters. The Balaban J connectivity index is 0.000000148. The molecular formula is C60H72F5N5O6S. The molecule has 6 fully saturated rings. The molecule has 0 N–H and O–H groups in total. The van der Waals surface area contributed by atoms with E-state index >= 15 is 0 Å². The minimum absolute atomic E-state index is 0.124. The number of hydrogen-bond acceptors (Lipinski definition) is 12. The summed E-state index contributed by atoms with van der Waals surface area (Å²) in [4.78, 5) is 15.0. The van der Waals surface area contributed by atoms with Crippen LogP contribution in [-0.4, -0.2) is 105 Å². The smallest absolute Gasteiger partial charge is 0.273 e. The molecule has 3 aliphatic carbocycles. The highest BCUT2D eigenvalue weighted by Crippen LogP contribution is 2.60. The largest absolute Gasteiger partial charge is 0.494 e.